The Morgan fingerprint density at radius 2 is 1.78 bits per heavy atom. The molecule has 0 spiro atoms. The fourth-order valence-electron chi connectivity index (χ4n) is 3.70. The van der Waals surface area contributed by atoms with Gasteiger partial charge in [0.1, 0.15) is 30.5 Å². The monoisotopic (exact) mass is 434 g/mol. The van der Waals surface area contributed by atoms with Crippen LogP contribution in [0.3, 0.4) is 0 Å². The van der Waals surface area contributed by atoms with E-state index >= 15 is 0 Å². The molecule has 7 nitrogen and oxygen atoms in total. The van der Waals surface area contributed by atoms with Crippen LogP contribution in [0.2, 0.25) is 0 Å². The van der Waals surface area contributed by atoms with Crippen molar-refractivity contribution in [3.8, 4) is 11.8 Å². The molecule has 1 fully saturated rings. The third-order valence-corrected chi connectivity index (χ3v) is 5.67. The van der Waals surface area contributed by atoms with Crippen LogP contribution in [0, 0.1) is 11.8 Å². The summed E-state index contributed by atoms with van der Waals surface area (Å²) in [5.74, 6) is 5.82. The number of nitrogens with zero attached hydrogens (tertiary/aromatic N) is 1. The van der Waals surface area contributed by atoms with Crippen LogP contribution < -0.4 is 0 Å². The molecular formula is C25H26N2O5. The van der Waals surface area contributed by atoms with Gasteiger partial charge in [0.25, 0.3) is 0 Å². The Kier molecular flexibility index (Phi) is 6.70. The number of ether oxygens (including phenoxy) is 1. The summed E-state index contributed by atoms with van der Waals surface area (Å²) in [6.07, 6.45) is 0.411. The third kappa shape index (κ3) is 4.60. The summed E-state index contributed by atoms with van der Waals surface area (Å²) in [6.45, 7) is 1.63. The molecule has 0 aliphatic carbocycles. The molecule has 0 bridgehead atoms. The van der Waals surface area contributed by atoms with E-state index in [0.29, 0.717) is 5.56 Å². The fraction of sp³-hybridized carbons (Fsp3) is 0.320. The topological polar surface area (TPSA) is 119 Å². The second-order valence-corrected chi connectivity index (χ2v) is 7.85. The van der Waals surface area contributed by atoms with Crippen molar-refractivity contribution in [3.63, 3.8) is 0 Å². The number of aliphatic hydroxyl groups excluding tert-OH is 4. The van der Waals surface area contributed by atoms with E-state index in [4.69, 9.17) is 4.74 Å². The van der Waals surface area contributed by atoms with E-state index in [1.165, 1.54) is 5.56 Å². The van der Waals surface area contributed by atoms with Gasteiger partial charge in [-0.1, -0.05) is 55.2 Å². The molecule has 1 aliphatic heterocycles. The highest BCUT2D eigenvalue weighted by Gasteiger charge is 2.42. The first-order valence-electron chi connectivity index (χ1n) is 10.6. The van der Waals surface area contributed by atoms with Crippen molar-refractivity contribution in [1.29, 1.82) is 0 Å². The molecule has 1 saturated heterocycles. The largest absolute Gasteiger partial charge is 0.394 e. The maximum absolute atomic E-state index is 10.2. The van der Waals surface area contributed by atoms with Gasteiger partial charge in [0.2, 0.25) is 0 Å². The highest BCUT2D eigenvalue weighted by Crippen LogP contribution is 2.23. The van der Waals surface area contributed by atoms with Crippen LogP contribution >= 0.6 is 0 Å². The van der Waals surface area contributed by atoms with E-state index in [2.05, 4.69) is 53.2 Å². The first-order chi connectivity index (χ1) is 15.5. The van der Waals surface area contributed by atoms with Crippen molar-refractivity contribution < 1.29 is 25.2 Å². The average molecular weight is 434 g/mol. The SMILES string of the molecule is CCc1ccc(/C=C/c2cc(C#C[C@H]3O[C@H](CO)[C@@H](O)[C@H](O)[C@@H]3O)c3[nH]ncc3c2)cc1. The quantitative estimate of drug-likeness (QED) is 0.314. The van der Waals surface area contributed by atoms with Gasteiger partial charge >= 0.3 is 0 Å². The number of hydrogen-bond donors (Lipinski definition) is 5. The second-order valence-electron chi connectivity index (χ2n) is 7.85. The zero-order valence-corrected chi connectivity index (χ0v) is 17.6. The van der Waals surface area contributed by atoms with Gasteiger partial charge in [0, 0.05) is 5.39 Å². The first kappa shape index (κ1) is 22.2. The molecule has 5 N–H and O–H groups in total. The molecular weight excluding hydrogens is 408 g/mol. The van der Waals surface area contributed by atoms with Gasteiger partial charge in [-0.3, -0.25) is 5.10 Å². The van der Waals surface area contributed by atoms with Crippen LogP contribution in [0.1, 0.15) is 29.2 Å². The molecule has 1 aromatic heterocycles. The molecule has 1 aliphatic rings. The number of nitrogens with one attached hydrogen (secondary N) is 1. The third-order valence-electron chi connectivity index (χ3n) is 5.67. The number of aryl methyl sites for hydroxylation is 1. The molecule has 0 radical (unpaired) electrons. The van der Waals surface area contributed by atoms with Gasteiger partial charge in [0.15, 0.2) is 0 Å². The molecule has 0 saturated carbocycles. The average Bonchev–Trinajstić information content (AvgIpc) is 3.30. The molecule has 4 rings (SSSR count). The normalized spacial score (nSPS) is 25.7. The Labute approximate surface area is 186 Å². The van der Waals surface area contributed by atoms with E-state index in [1.54, 1.807) is 6.20 Å². The van der Waals surface area contributed by atoms with Crippen molar-refractivity contribution in [3.05, 3.63) is 64.8 Å². The number of hydrogen-bond acceptors (Lipinski definition) is 6. The highest BCUT2D eigenvalue weighted by atomic mass is 16.5. The number of H-pyrrole nitrogens is 1. The van der Waals surface area contributed by atoms with E-state index < -0.39 is 37.1 Å². The number of fused-ring (bicyclic) bond motifs is 1. The maximum atomic E-state index is 10.2. The molecule has 0 amide bonds. The van der Waals surface area contributed by atoms with Gasteiger partial charge in [-0.25, -0.2) is 0 Å². The van der Waals surface area contributed by atoms with Crippen LogP contribution in [0.15, 0.2) is 42.6 Å². The zero-order valence-electron chi connectivity index (χ0n) is 17.6. The molecule has 2 heterocycles. The van der Waals surface area contributed by atoms with Gasteiger partial charge in [-0.2, -0.15) is 5.10 Å². The second kappa shape index (κ2) is 9.65. The number of benzene rings is 2. The Bertz CT molecular complexity index is 1160. The van der Waals surface area contributed by atoms with Gasteiger partial charge < -0.3 is 25.2 Å². The van der Waals surface area contributed by atoms with Crippen LogP contribution in [0.5, 0.6) is 0 Å². The van der Waals surface area contributed by atoms with Gasteiger partial charge in [-0.05, 0) is 35.2 Å². The number of aromatic nitrogens is 2. The summed E-state index contributed by atoms with van der Waals surface area (Å²) >= 11 is 0. The van der Waals surface area contributed by atoms with Crippen molar-refractivity contribution in [2.24, 2.45) is 0 Å². The minimum atomic E-state index is -1.46. The predicted molar refractivity (Wildman–Crippen MR) is 121 cm³/mol. The highest BCUT2D eigenvalue weighted by molar-refractivity contribution is 5.88. The number of rotatable bonds is 4. The van der Waals surface area contributed by atoms with Crippen LogP contribution in [-0.4, -0.2) is 67.8 Å². The van der Waals surface area contributed by atoms with Crippen LogP contribution in [0.25, 0.3) is 23.1 Å². The van der Waals surface area contributed by atoms with Crippen LogP contribution in [-0.2, 0) is 11.2 Å². The minimum absolute atomic E-state index is 0.493. The lowest BCUT2D eigenvalue weighted by atomic mass is 9.95. The summed E-state index contributed by atoms with van der Waals surface area (Å²) < 4.78 is 5.48. The number of aromatic amines is 1. The first-order valence-corrected chi connectivity index (χ1v) is 10.6. The summed E-state index contributed by atoms with van der Waals surface area (Å²) in [7, 11) is 0. The molecule has 3 aromatic rings. The Morgan fingerprint density at radius 1 is 1.03 bits per heavy atom. The van der Waals surface area contributed by atoms with Crippen LogP contribution in [0.4, 0.5) is 0 Å². The molecule has 166 valence electrons. The number of aliphatic hydroxyl groups is 4. The smallest absolute Gasteiger partial charge is 0.147 e. The Morgan fingerprint density at radius 3 is 2.50 bits per heavy atom. The summed E-state index contributed by atoms with van der Waals surface area (Å²) in [6, 6.07) is 12.3. The van der Waals surface area contributed by atoms with Crippen molar-refractivity contribution >= 4 is 23.1 Å². The van der Waals surface area contributed by atoms with Gasteiger partial charge in [0.05, 0.1) is 23.9 Å². The zero-order chi connectivity index (χ0) is 22.7. The lowest BCUT2D eigenvalue weighted by Crippen LogP contribution is -2.58. The molecule has 0 unspecified atom stereocenters. The predicted octanol–water partition coefficient (Wildman–Crippen LogP) is 1.49. The van der Waals surface area contributed by atoms with Crippen molar-refractivity contribution in [2.75, 3.05) is 6.61 Å². The molecule has 32 heavy (non-hydrogen) atoms. The van der Waals surface area contributed by atoms with Crippen molar-refractivity contribution in [1.82, 2.24) is 10.2 Å². The Balaban J connectivity index is 1.62. The Hall–Kier alpha value is -2.99. The molecule has 5 atom stereocenters. The standard InChI is InChI=1S/C25H26N2O5/c1-2-15-3-5-16(6-4-15)7-8-17-11-18(22-19(12-17)13-26-27-22)9-10-20-23(29)25(31)24(30)21(14-28)32-20/h3-8,11-13,20-21,23-25,28-31H,2,14H2,1H3,(H,26,27)/b8-7+/t20-,21-,23-,24-,25-/m1/s1. The lowest BCUT2D eigenvalue weighted by molar-refractivity contribution is -0.214. The summed E-state index contributed by atoms with van der Waals surface area (Å²) in [4.78, 5) is 0. The van der Waals surface area contributed by atoms with Gasteiger partial charge in [-0.15, -0.1) is 0 Å². The van der Waals surface area contributed by atoms with E-state index in [0.717, 1.165) is 28.5 Å². The lowest BCUT2D eigenvalue weighted by Gasteiger charge is -2.37. The van der Waals surface area contributed by atoms with E-state index in [1.807, 2.05) is 24.3 Å². The maximum Gasteiger partial charge on any atom is 0.147 e. The summed E-state index contributed by atoms with van der Waals surface area (Å²) in [5.41, 5.74) is 4.69. The summed E-state index contributed by atoms with van der Waals surface area (Å²) in [5, 5.41) is 47.4. The minimum Gasteiger partial charge on any atom is -0.394 e. The van der Waals surface area contributed by atoms with E-state index in [-0.39, 0.29) is 0 Å². The van der Waals surface area contributed by atoms with E-state index in [9.17, 15) is 20.4 Å². The molecule has 2 aromatic carbocycles. The fourth-order valence-corrected chi connectivity index (χ4v) is 3.70. The molecule has 7 heteroatoms. The van der Waals surface area contributed by atoms with Crippen molar-refractivity contribution in [2.45, 2.75) is 43.9 Å².